The first-order valence-electron chi connectivity index (χ1n) is 9.19. The Morgan fingerprint density at radius 1 is 1.17 bits per heavy atom. The summed E-state index contributed by atoms with van der Waals surface area (Å²) in [6.07, 6.45) is 5.27. The van der Waals surface area contributed by atoms with Crippen molar-refractivity contribution in [3.8, 4) is 0 Å². The molecule has 3 aromatic rings. The summed E-state index contributed by atoms with van der Waals surface area (Å²) in [7, 11) is 0. The number of nitrogens with zero attached hydrogens (tertiary/aromatic N) is 2. The van der Waals surface area contributed by atoms with Gasteiger partial charge in [0.1, 0.15) is 5.82 Å². The van der Waals surface area contributed by atoms with Gasteiger partial charge in [0, 0.05) is 23.6 Å². The molecule has 4 rings (SSSR count). The largest absolute Gasteiger partial charge is 0.343 e. The van der Waals surface area contributed by atoms with Gasteiger partial charge >= 0.3 is 0 Å². The molecule has 1 aliphatic heterocycles. The van der Waals surface area contributed by atoms with Gasteiger partial charge in [-0.1, -0.05) is 24.3 Å². The fourth-order valence-electron chi connectivity index (χ4n) is 3.37. The van der Waals surface area contributed by atoms with E-state index < -0.39 is 0 Å². The molecule has 0 radical (unpaired) electrons. The number of thioether (sulfide) groups is 1. The predicted octanol–water partition coefficient (Wildman–Crippen LogP) is 5.44. The van der Waals surface area contributed by atoms with Crippen molar-refractivity contribution < 1.29 is 14.0 Å². The van der Waals surface area contributed by atoms with E-state index in [4.69, 9.17) is 0 Å². The zero-order valence-electron chi connectivity index (χ0n) is 15.8. The van der Waals surface area contributed by atoms with Crippen molar-refractivity contribution in [3.63, 3.8) is 0 Å². The van der Waals surface area contributed by atoms with Gasteiger partial charge in [-0.3, -0.25) is 14.5 Å². The van der Waals surface area contributed by atoms with E-state index >= 15 is 0 Å². The van der Waals surface area contributed by atoms with Crippen LogP contribution in [-0.4, -0.2) is 26.7 Å². The first-order chi connectivity index (χ1) is 14.0. The summed E-state index contributed by atoms with van der Waals surface area (Å²) >= 11 is 0.944. The average molecular weight is 406 g/mol. The molecule has 2 amide bonds. The van der Waals surface area contributed by atoms with Gasteiger partial charge in [-0.25, -0.2) is 4.39 Å². The van der Waals surface area contributed by atoms with Crippen molar-refractivity contribution in [1.29, 1.82) is 0 Å². The second-order valence-electron chi connectivity index (χ2n) is 6.92. The van der Waals surface area contributed by atoms with Crippen LogP contribution >= 0.6 is 11.8 Å². The highest BCUT2D eigenvalue weighted by Crippen LogP contribution is 2.34. The van der Waals surface area contributed by atoms with Crippen molar-refractivity contribution in [2.75, 3.05) is 0 Å². The molecular formula is C23H19FN2O2S. The van der Waals surface area contributed by atoms with E-state index in [0.717, 1.165) is 33.8 Å². The maximum atomic E-state index is 13.4. The highest BCUT2D eigenvalue weighted by molar-refractivity contribution is 8.18. The molecule has 0 spiro atoms. The summed E-state index contributed by atoms with van der Waals surface area (Å²) in [5.41, 5.74) is 2.74. The lowest BCUT2D eigenvalue weighted by Gasteiger charge is -2.17. The monoisotopic (exact) mass is 406 g/mol. The molecule has 1 atom stereocenters. The second kappa shape index (κ2) is 7.72. The van der Waals surface area contributed by atoms with Gasteiger partial charge in [0.05, 0.1) is 10.9 Å². The normalized spacial score (nSPS) is 16.8. The Balaban J connectivity index is 1.61. The van der Waals surface area contributed by atoms with Crippen LogP contribution in [0.2, 0.25) is 0 Å². The molecule has 1 aliphatic rings. The lowest BCUT2D eigenvalue weighted by atomic mass is 10.1. The topological polar surface area (TPSA) is 42.3 Å². The Bertz CT molecular complexity index is 1160. The van der Waals surface area contributed by atoms with Gasteiger partial charge in [-0.15, -0.1) is 6.58 Å². The van der Waals surface area contributed by atoms with E-state index in [0.29, 0.717) is 11.4 Å². The SMILES string of the molecule is C=C[C@@H](C)N1C(=O)S/C(=C/c2ccc3c(ccn3Cc3cccc(F)c3)c2)C1=O. The number of hydrogen-bond donors (Lipinski definition) is 0. The standard InChI is InChI=1S/C23H19FN2O2S/c1-3-15(2)26-22(27)21(29-23(26)28)13-16-7-8-20-18(11-16)9-10-25(20)14-17-5-4-6-19(24)12-17/h3-13,15H,1,14H2,2H3/b21-13+/t15-/m1/s1. The van der Waals surface area contributed by atoms with Crippen LogP contribution in [0.1, 0.15) is 18.1 Å². The van der Waals surface area contributed by atoms with Crippen LogP contribution in [0.25, 0.3) is 17.0 Å². The smallest absolute Gasteiger partial charge is 0.294 e. The van der Waals surface area contributed by atoms with Crippen molar-refractivity contribution in [3.05, 3.63) is 89.2 Å². The molecule has 4 nitrogen and oxygen atoms in total. The summed E-state index contributed by atoms with van der Waals surface area (Å²) in [6, 6.07) is 14.1. The van der Waals surface area contributed by atoms with Crippen molar-refractivity contribution in [2.24, 2.45) is 0 Å². The fraction of sp³-hybridized carbons (Fsp3) is 0.130. The maximum Gasteiger partial charge on any atom is 0.294 e. The van der Waals surface area contributed by atoms with Gasteiger partial charge in [0.25, 0.3) is 11.1 Å². The van der Waals surface area contributed by atoms with E-state index in [2.05, 4.69) is 6.58 Å². The first kappa shape index (κ1) is 19.2. The number of benzene rings is 2. The third-order valence-corrected chi connectivity index (χ3v) is 5.79. The Morgan fingerprint density at radius 3 is 2.76 bits per heavy atom. The average Bonchev–Trinajstić information content (AvgIpc) is 3.21. The lowest BCUT2D eigenvalue weighted by molar-refractivity contribution is -0.123. The summed E-state index contributed by atoms with van der Waals surface area (Å²) < 4.78 is 15.5. The zero-order chi connectivity index (χ0) is 20.5. The molecule has 146 valence electrons. The van der Waals surface area contributed by atoms with Gasteiger partial charge < -0.3 is 4.57 Å². The van der Waals surface area contributed by atoms with Gasteiger partial charge in [0.15, 0.2) is 0 Å². The highest BCUT2D eigenvalue weighted by atomic mass is 32.2. The third-order valence-electron chi connectivity index (χ3n) is 4.91. The minimum absolute atomic E-state index is 0.249. The number of fused-ring (bicyclic) bond motifs is 1. The quantitative estimate of drug-likeness (QED) is 0.419. The summed E-state index contributed by atoms with van der Waals surface area (Å²) in [6.45, 7) is 5.99. The maximum absolute atomic E-state index is 13.4. The molecule has 0 unspecified atom stereocenters. The van der Waals surface area contributed by atoms with Crippen LogP contribution < -0.4 is 0 Å². The Hall–Kier alpha value is -3.12. The van der Waals surface area contributed by atoms with Crippen LogP contribution in [-0.2, 0) is 11.3 Å². The molecule has 2 aromatic carbocycles. The Kier molecular flexibility index (Phi) is 5.11. The second-order valence-corrected chi connectivity index (χ2v) is 7.91. The Morgan fingerprint density at radius 2 is 2.00 bits per heavy atom. The molecule has 6 heteroatoms. The summed E-state index contributed by atoms with van der Waals surface area (Å²) in [5, 5.41) is 0.727. The molecule has 2 heterocycles. The van der Waals surface area contributed by atoms with Crippen LogP contribution in [0.4, 0.5) is 9.18 Å². The number of hydrogen-bond acceptors (Lipinski definition) is 3. The van der Waals surface area contributed by atoms with Crippen LogP contribution in [0.3, 0.4) is 0 Å². The van der Waals surface area contributed by atoms with Gasteiger partial charge in [-0.2, -0.15) is 0 Å². The number of imide groups is 1. The van der Waals surface area contributed by atoms with Crippen LogP contribution in [0.15, 0.2) is 72.3 Å². The van der Waals surface area contributed by atoms with Crippen molar-refractivity contribution in [1.82, 2.24) is 9.47 Å². The fourth-order valence-corrected chi connectivity index (χ4v) is 4.28. The third kappa shape index (κ3) is 3.76. The molecule has 0 bridgehead atoms. The number of amides is 2. The van der Waals surface area contributed by atoms with Gasteiger partial charge in [-0.05, 0) is 66.2 Å². The van der Waals surface area contributed by atoms with E-state index in [1.54, 1.807) is 25.1 Å². The minimum Gasteiger partial charge on any atom is -0.343 e. The molecular weight excluding hydrogens is 387 g/mol. The molecule has 1 saturated heterocycles. The molecule has 1 aromatic heterocycles. The zero-order valence-corrected chi connectivity index (χ0v) is 16.7. The van der Waals surface area contributed by atoms with E-state index in [-0.39, 0.29) is 23.0 Å². The number of halogens is 1. The predicted molar refractivity (Wildman–Crippen MR) is 115 cm³/mol. The highest BCUT2D eigenvalue weighted by Gasteiger charge is 2.37. The molecule has 29 heavy (non-hydrogen) atoms. The minimum atomic E-state index is -0.340. The molecule has 0 saturated carbocycles. The van der Waals surface area contributed by atoms with E-state index in [9.17, 15) is 14.0 Å². The number of carbonyl (C=O) groups excluding carboxylic acids is 2. The van der Waals surface area contributed by atoms with Crippen LogP contribution in [0, 0.1) is 5.82 Å². The summed E-state index contributed by atoms with van der Waals surface area (Å²) in [4.78, 5) is 26.3. The Labute approximate surface area is 172 Å². The number of aromatic nitrogens is 1. The molecule has 0 N–H and O–H groups in total. The first-order valence-corrected chi connectivity index (χ1v) is 10.0. The van der Waals surface area contributed by atoms with Gasteiger partial charge in [0.2, 0.25) is 0 Å². The van der Waals surface area contributed by atoms with Crippen LogP contribution in [0.5, 0.6) is 0 Å². The van der Waals surface area contributed by atoms with E-state index in [1.165, 1.54) is 17.0 Å². The number of carbonyl (C=O) groups is 2. The summed E-state index contributed by atoms with van der Waals surface area (Å²) in [5.74, 6) is -0.544. The molecule has 0 aliphatic carbocycles. The van der Waals surface area contributed by atoms with E-state index in [1.807, 2.05) is 41.1 Å². The van der Waals surface area contributed by atoms with Crippen molar-refractivity contribution >= 4 is 39.9 Å². The molecule has 1 fully saturated rings. The lowest BCUT2D eigenvalue weighted by Crippen LogP contribution is -2.35. The van der Waals surface area contributed by atoms with Crippen molar-refractivity contribution in [2.45, 2.75) is 19.5 Å². The number of rotatable bonds is 5.